The summed E-state index contributed by atoms with van der Waals surface area (Å²) in [7, 11) is 1.43. The van der Waals surface area contributed by atoms with Crippen molar-refractivity contribution < 1.29 is 9.53 Å². The topological polar surface area (TPSA) is 51.2 Å². The van der Waals surface area contributed by atoms with Crippen molar-refractivity contribution in [2.75, 3.05) is 7.11 Å². The van der Waals surface area contributed by atoms with Crippen molar-refractivity contribution in [1.29, 1.82) is 0 Å². The lowest BCUT2D eigenvalue weighted by Gasteiger charge is -2.26. The molecule has 2 rings (SSSR count). The fraction of sp³-hybridized carbons (Fsp3) is 0.692. The van der Waals surface area contributed by atoms with Gasteiger partial charge in [0.25, 0.3) is 0 Å². The number of esters is 1. The van der Waals surface area contributed by atoms with Gasteiger partial charge in [0.15, 0.2) is 0 Å². The molecule has 100 valence electrons. The summed E-state index contributed by atoms with van der Waals surface area (Å²) in [5.74, 6) is -0.245. The van der Waals surface area contributed by atoms with Gasteiger partial charge in [0, 0.05) is 11.4 Å². The third kappa shape index (κ3) is 3.29. The number of carbonyl (C=O) groups is 1. The summed E-state index contributed by atoms with van der Waals surface area (Å²) in [6.45, 7) is 1.95. The lowest BCUT2D eigenvalue weighted by molar-refractivity contribution is -0.143. The van der Waals surface area contributed by atoms with Gasteiger partial charge in [-0.25, -0.2) is 9.78 Å². The number of aryl methyl sites for hydroxylation is 1. The van der Waals surface area contributed by atoms with Gasteiger partial charge in [-0.3, -0.25) is 5.32 Å². The van der Waals surface area contributed by atoms with Crippen molar-refractivity contribution in [3.63, 3.8) is 0 Å². The van der Waals surface area contributed by atoms with Crippen molar-refractivity contribution in [2.45, 2.75) is 51.1 Å². The SMILES string of the molecule is COC(=O)C(NC1CCCCC1)c1csc(C)n1. The lowest BCUT2D eigenvalue weighted by atomic mass is 9.94. The predicted octanol–water partition coefficient (Wildman–Crippen LogP) is 2.59. The van der Waals surface area contributed by atoms with E-state index in [9.17, 15) is 4.79 Å². The van der Waals surface area contributed by atoms with Crippen molar-refractivity contribution in [3.8, 4) is 0 Å². The molecule has 1 saturated carbocycles. The molecule has 0 spiro atoms. The highest BCUT2D eigenvalue weighted by molar-refractivity contribution is 7.09. The Morgan fingerprint density at radius 3 is 2.78 bits per heavy atom. The average Bonchev–Trinajstić information content (AvgIpc) is 2.83. The second kappa shape index (κ2) is 6.29. The third-order valence-electron chi connectivity index (χ3n) is 3.38. The molecule has 1 aliphatic rings. The predicted molar refractivity (Wildman–Crippen MR) is 71.6 cm³/mol. The van der Waals surface area contributed by atoms with Gasteiger partial charge < -0.3 is 4.74 Å². The van der Waals surface area contributed by atoms with Crippen LogP contribution in [0.25, 0.3) is 0 Å². The summed E-state index contributed by atoms with van der Waals surface area (Å²) < 4.78 is 4.88. The van der Waals surface area contributed by atoms with Crippen molar-refractivity contribution in [1.82, 2.24) is 10.3 Å². The Balaban J connectivity index is 2.07. The Kier molecular flexibility index (Phi) is 4.72. The Morgan fingerprint density at radius 2 is 2.22 bits per heavy atom. The molecule has 4 nitrogen and oxygen atoms in total. The van der Waals surface area contributed by atoms with E-state index in [-0.39, 0.29) is 5.97 Å². The molecule has 0 aliphatic heterocycles. The zero-order valence-electron chi connectivity index (χ0n) is 10.9. The smallest absolute Gasteiger partial charge is 0.329 e. The second-order valence-electron chi connectivity index (χ2n) is 4.75. The van der Waals surface area contributed by atoms with Crippen LogP contribution in [0.3, 0.4) is 0 Å². The Bertz CT molecular complexity index is 399. The maximum atomic E-state index is 11.9. The number of carbonyl (C=O) groups excluding carboxylic acids is 1. The number of thiazole rings is 1. The largest absolute Gasteiger partial charge is 0.468 e. The van der Waals surface area contributed by atoms with Crippen LogP contribution in [0.4, 0.5) is 0 Å². The minimum Gasteiger partial charge on any atom is -0.468 e. The number of nitrogens with one attached hydrogen (secondary N) is 1. The van der Waals surface area contributed by atoms with E-state index in [0.29, 0.717) is 6.04 Å². The number of methoxy groups -OCH3 is 1. The van der Waals surface area contributed by atoms with Crippen LogP contribution in [-0.4, -0.2) is 24.1 Å². The summed E-state index contributed by atoms with van der Waals surface area (Å²) in [5.41, 5.74) is 0.787. The van der Waals surface area contributed by atoms with Gasteiger partial charge in [0.05, 0.1) is 17.8 Å². The summed E-state index contributed by atoms with van der Waals surface area (Å²) >= 11 is 1.56. The van der Waals surface area contributed by atoms with E-state index in [1.807, 2.05) is 12.3 Å². The molecule has 0 saturated heterocycles. The van der Waals surface area contributed by atoms with Crippen LogP contribution in [0.1, 0.15) is 48.8 Å². The van der Waals surface area contributed by atoms with Crippen LogP contribution < -0.4 is 5.32 Å². The van der Waals surface area contributed by atoms with Gasteiger partial charge >= 0.3 is 5.97 Å². The zero-order chi connectivity index (χ0) is 13.0. The fourth-order valence-corrected chi connectivity index (χ4v) is 3.05. The minimum absolute atomic E-state index is 0.245. The third-order valence-corrected chi connectivity index (χ3v) is 4.17. The number of hydrogen-bond acceptors (Lipinski definition) is 5. The van der Waals surface area contributed by atoms with E-state index < -0.39 is 6.04 Å². The van der Waals surface area contributed by atoms with Crippen LogP contribution in [-0.2, 0) is 9.53 Å². The van der Waals surface area contributed by atoms with Crippen LogP contribution in [0.2, 0.25) is 0 Å². The van der Waals surface area contributed by atoms with E-state index in [2.05, 4.69) is 10.3 Å². The lowest BCUT2D eigenvalue weighted by Crippen LogP contribution is -2.39. The molecule has 1 aliphatic carbocycles. The maximum absolute atomic E-state index is 11.9. The molecule has 1 aromatic heterocycles. The van der Waals surface area contributed by atoms with E-state index >= 15 is 0 Å². The van der Waals surface area contributed by atoms with Gasteiger partial charge in [-0.15, -0.1) is 11.3 Å². The monoisotopic (exact) mass is 268 g/mol. The van der Waals surface area contributed by atoms with Gasteiger partial charge in [-0.05, 0) is 19.8 Å². The number of aromatic nitrogens is 1. The molecule has 18 heavy (non-hydrogen) atoms. The zero-order valence-corrected chi connectivity index (χ0v) is 11.8. The highest BCUT2D eigenvalue weighted by Crippen LogP contribution is 2.23. The molecule has 1 N–H and O–H groups in total. The quantitative estimate of drug-likeness (QED) is 0.853. The van der Waals surface area contributed by atoms with Gasteiger partial charge in [0.1, 0.15) is 6.04 Å². The minimum atomic E-state index is -0.414. The normalized spacial score (nSPS) is 18.6. The molecular weight excluding hydrogens is 248 g/mol. The molecule has 1 aromatic rings. The molecule has 1 unspecified atom stereocenters. The summed E-state index contributed by atoms with van der Waals surface area (Å²) in [4.78, 5) is 16.3. The molecule has 0 bridgehead atoms. The van der Waals surface area contributed by atoms with E-state index in [4.69, 9.17) is 4.74 Å². The molecule has 1 atom stereocenters. The first-order valence-corrected chi connectivity index (χ1v) is 7.34. The number of ether oxygens (including phenoxy) is 1. The van der Waals surface area contributed by atoms with Gasteiger partial charge in [-0.2, -0.15) is 0 Å². The Labute approximate surface area is 112 Å². The van der Waals surface area contributed by atoms with E-state index in [1.54, 1.807) is 11.3 Å². The molecule has 5 heteroatoms. The first kappa shape index (κ1) is 13.5. The first-order valence-electron chi connectivity index (χ1n) is 6.46. The second-order valence-corrected chi connectivity index (χ2v) is 5.81. The van der Waals surface area contributed by atoms with E-state index in [0.717, 1.165) is 23.5 Å². The molecule has 1 fully saturated rings. The van der Waals surface area contributed by atoms with Gasteiger partial charge in [0.2, 0.25) is 0 Å². The molecule has 0 aromatic carbocycles. The molecule has 0 radical (unpaired) electrons. The highest BCUT2D eigenvalue weighted by atomic mass is 32.1. The maximum Gasteiger partial charge on any atom is 0.329 e. The average molecular weight is 268 g/mol. The molecule has 1 heterocycles. The van der Waals surface area contributed by atoms with Crippen LogP contribution in [0.5, 0.6) is 0 Å². The van der Waals surface area contributed by atoms with Gasteiger partial charge in [-0.1, -0.05) is 19.3 Å². The Morgan fingerprint density at radius 1 is 1.50 bits per heavy atom. The number of hydrogen-bond donors (Lipinski definition) is 1. The summed E-state index contributed by atoms with van der Waals surface area (Å²) in [5, 5.41) is 6.32. The highest BCUT2D eigenvalue weighted by Gasteiger charge is 2.27. The van der Waals surface area contributed by atoms with Crippen molar-refractivity contribution in [3.05, 3.63) is 16.1 Å². The molecule has 0 amide bonds. The molecular formula is C13H20N2O2S. The van der Waals surface area contributed by atoms with Crippen molar-refractivity contribution in [2.24, 2.45) is 0 Å². The standard InChI is InChI=1S/C13H20N2O2S/c1-9-14-11(8-18-9)12(13(16)17-2)15-10-6-4-3-5-7-10/h8,10,12,15H,3-7H2,1-2H3. The summed E-state index contributed by atoms with van der Waals surface area (Å²) in [6, 6.07) is -0.00657. The fourth-order valence-electron chi connectivity index (χ4n) is 2.41. The number of rotatable bonds is 4. The van der Waals surface area contributed by atoms with Crippen LogP contribution in [0.15, 0.2) is 5.38 Å². The van der Waals surface area contributed by atoms with Crippen molar-refractivity contribution >= 4 is 17.3 Å². The first-order chi connectivity index (χ1) is 8.70. The number of nitrogens with zero attached hydrogens (tertiary/aromatic N) is 1. The summed E-state index contributed by atoms with van der Waals surface area (Å²) in [6.07, 6.45) is 6.05. The van der Waals surface area contributed by atoms with E-state index in [1.165, 1.54) is 26.4 Å². The Hall–Kier alpha value is -0.940. The van der Waals surface area contributed by atoms with Crippen LogP contribution >= 0.6 is 11.3 Å². The van der Waals surface area contributed by atoms with Crippen LogP contribution in [0, 0.1) is 6.92 Å².